The fourth-order valence-electron chi connectivity index (χ4n) is 2.48. The quantitative estimate of drug-likeness (QED) is 0.722. The van der Waals surface area contributed by atoms with Crippen molar-refractivity contribution in [3.05, 3.63) is 30.0 Å². The zero-order valence-corrected chi connectivity index (χ0v) is 12.7. The summed E-state index contributed by atoms with van der Waals surface area (Å²) >= 11 is 0. The van der Waals surface area contributed by atoms with Crippen LogP contribution in [0.4, 0.5) is 0 Å². The standard InChI is InChI=1S/C14H15N7O2/c1-8-16-11-9(5-15-19-11)12(17-8)21-4-3-10(20-21)13(22)18-14(2)6-23-7-14/h3-5H,6-7H2,1-2H3,(H,18,22)(H,15,16,17,19). The normalized spacial score (nSPS) is 16.3. The van der Waals surface area contributed by atoms with Crippen LogP contribution in [0.25, 0.3) is 16.9 Å². The Hall–Kier alpha value is -2.81. The Balaban J connectivity index is 1.67. The number of fused-ring (bicyclic) bond motifs is 1. The predicted octanol–water partition coefficient (Wildman–Crippen LogP) is 0.366. The van der Waals surface area contributed by atoms with Crippen LogP contribution >= 0.6 is 0 Å². The van der Waals surface area contributed by atoms with E-state index < -0.39 is 0 Å². The van der Waals surface area contributed by atoms with E-state index in [0.717, 1.165) is 5.39 Å². The van der Waals surface area contributed by atoms with Crippen LogP contribution in [0.15, 0.2) is 18.5 Å². The third-order valence-corrected chi connectivity index (χ3v) is 3.70. The van der Waals surface area contributed by atoms with Crippen molar-refractivity contribution in [2.75, 3.05) is 13.2 Å². The van der Waals surface area contributed by atoms with Gasteiger partial charge in [0.1, 0.15) is 5.82 Å². The first kappa shape index (κ1) is 13.8. The molecule has 0 radical (unpaired) electrons. The van der Waals surface area contributed by atoms with Gasteiger partial charge in [-0.2, -0.15) is 10.2 Å². The van der Waals surface area contributed by atoms with E-state index in [1.165, 1.54) is 0 Å². The van der Waals surface area contributed by atoms with Gasteiger partial charge >= 0.3 is 0 Å². The Bertz CT molecular complexity index is 894. The van der Waals surface area contributed by atoms with Crippen LogP contribution in [0.1, 0.15) is 23.2 Å². The molecule has 0 bridgehead atoms. The van der Waals surface area contributed by atoms with E-state index in [4.69, 9.17) is 4.74 Å². The predicted molar refractivity (Wildman–Crippen MR) is 80.2 cm³/mol. The average molecular weight is 313 g/mol. The van der Waals surface area contributed by atoms with E-state index in [2.05, 4.69) is 30.6 Å². The summed E-state index contributed by atoms with van der Waals surface area (Å²) in [6.07, 6.45) is 3.33. The van der Waals surface area contributed by atoms with E-state index in [9.17, 15) is 4.79 Å². The molecule has 1 saturated heterocycles. The van der Waals surface area contributed by atoms with Crippen LogP contribution in [-0.4, -0.2) is 54.6 Å². The number of carbonyl (C=O) groups excluding carboxylic acids is 1. The molecule has 1 aliphatic rings. The van der Waals surface area contributed by atoms with E-state index in [-0.39, 0.29) is 11.4 Å². The number of hydrogen-bond donors (Lipinski definition) is 2. The lowest BCUT2D eigenvalue weighted by Crippen LogP contribution is -2.59. The summed E-state index contributed by atoms with van der Waals surface area (Å²) in [6, 6.07) is 1.65. The maximum atomic E-state index is 12.3. The first-order chi connectivity index (χ1) is 11.0. The largest absolute Gasteiger partial charge is 0.376 e. The minimum Gasteiger partial charge on any atom is -0.376 e. The van der Waals surface area contributed by atoms with Crippen molar-refractivity contribution in [2.45, 2.75) is 19.4 Å². The third-order valence-electron chi connectivity index (χ3n) is 3.70. The van der Waals surface area contributed by atoms with Crippen LogP contribution in [0.3, 0.4) is 0 Å². The third kappa shape index (κ3) is 2.34. The Morgan fingerprint density at radius 3 is 3.00 bits per heavy atom. The molecule has 0 aromatic carbocycles. The van der Waals surface area contributed by atoms with Gasteiger partial charge in [-0.05, 0) is 19.9 Å². The Labute approximate surface area is 131 Å². The van der Waals surface area contributed by atoms with Crippen LogP contribution in [0.5, 0.6) is 0 Å². The fraction of sp³-hybridized carbons (Fsp3) is 0.357. The lowest BCUT2D eigenvalue weighted by Gasteiger charge is -2.38. The summed E-state index contributed by atoms with van der Waals surface area (Å²) in [6.45, 7) is 4.76. The highest BCUT2D eigenvalue weighted by Crippen LogP contribution is 2.18. The van der Waals surface area contributed by atoms with E-state index in [0.29, 0.717) is 36.2 Å². The van der Waals surface area contributed by atoms with Crippen molar-refractivity contribution in [3.8, 4) is 5.82 Å². The summed E-state index contributed by atoms with van der Waals surface area (Å²) in [5, 5.41) is 14.8. The molecule has 1 aliphatic heterocycles. The highest BCUT2D eigenvalue weighted by atomic mass is 16.5. The zero-order valence-electron chi connectivity index (χ0n) is 12.7. The minimum atomic E-state index is -0.315. The van der Waals surface area contributed by atoms with Crippen LogP contribution in [0.2, 0.25) is 0 Å². The number of H-pyrrole nitrogens is 1. The lowest BCUT2D eigenvalue weighted by molar-refractivity contribution is -0.0594. The van der Waals surface area contributed by atoms with Gasteiger partial charge in [-0.25, -0.2) is 14.6 Å². The summed E-state index contributed by atoms with van der Waals surface area (Å²) < 4.78 is 6.69. The van der Waals surface area contributed by atoms with Crippen molar-refractivity contribution in [1.29, 1.82) is 0 Å². The molecule has 0 spiro atoms. The number of rotatable bonds is 3. The first-order valence-electron chi connectivity index (χ1n) is 7.18. The molecule has 1 fully saturated rings. The number of ether oxygens (including phenoxy) is 1. The molecule has 0 aliphatic carbocycles. The van der Waals surface area contributed by atoms with Crippen LogP contribution in [0, 0.1) is 6.92 Å². The smallest absolute Gasteiger partial charge is 0.272 e. The van der Waals surface area contributed by atoms with Gasteiger partial charge in [0, 0.05) is 6.20 Å². The minimum absolute atomic E-state index is 0.233. The number of carbonyl (C=O) groups is 1. The Morgan fingerprint density at radius 1 is 1.43 bits per heavy atom. The molecular formula is C14H15N7O2. The lowest BCUT2D eigenvalue weighted by atomic mass is 10.0. The van der Waals surface area contributed by atoms with Gasteiger partial charge in [0.15, 0.2) is 17.2 Å². The monoisotopic (exact) mass is 313 g/mol. The van der Waals surface area contributed by atoms with Gasteiger partial charge in [-0.3, -0.25) is 9.89 Å². The van der Waals surface area contributed by atoms with Gasteiger partial charge in [-0.1, -0.05) is 0 Å². The summed E-state index contributed by atoms with van der Waals surface area (Å²) in [5.74, 6) is 0.944. The second-order valence-electron chi connectivity index (χ2n) is 5.88. The van der Waals surface area contributed by atoms with E-state index in [1.807, 2.05) is 6.92 Å². The second kappa shape index (κ2) is 4.85. The zero-order chi connectivity index (χ0) is 16.0. The van der Waals surface area contributed by atoms with Gasteiger partial charge in [0.25, 0.3) is 5.91 Å². The van der Waals surface area contributed by atoms with Gasteiger partial charge in [0.05, 0.1) is 30.3 Å². The first-order valence-corrected chi connectivity index (χ1v) is 7.18. The summed E-state index contributed by atoms with van der Waals surface area (Å²) in [4.78, 5) is 20.9. The highest BCUT2D eigenvalue weighted by molar-refractivity contribution is 5.93. The molecule has 0 unspecified atom stereocenters. The maximum Gasteiger partial charge on any atom is 0.272 e. The number of aryl methyl sites for hydroxylation is 1. The number of amides is 1. The molecule has 0 atom stereocenters. The molecule has 9 heteroatoms. The number of hydrogen-bond acceptors (Lipinski definition) is 6. The SMILES string of the molecule is Cc1nc(-n2ccc(C(=O)NC3(C)COC3)n2)c2cn[nH]c2n1. The summed E-state index contributed by atoms with van der Waals surface area (Å²) in [7, 11) is 0. The molecule has 9 nitrogen and oxygen atoms in total. The molecule has 23 heavy (non-hydrogen) atoms. The number of aromatic nitrogens is 6. The van der Waals surface area contributed by atoms with Gasteiger partial charge in [-0.15, -0.1) is 0 Å². The molecule has 118 valence electrons. The van der Waals surface area contributed by atoms with Crippen molar-refractivity contribution >= 4 is 16.9 Å². The van der Waals surface area contributed by atoms with Crippen molar-refractivity contribution in [1.82, 2.24) is 35.3 Å². The average Bonchev–Trinajstić information content (AvgIpc) is 3.13. The molecule has 4 rings (SSSR count). The van der Waals surface area contributed by atoms with E-state index >= 15 is 0 Å². The molecule has 1 amide bonds. The van der Waals surface area contributed by atoms with Gasteiger partial charge < -0.3 is 10.1 Å². The molecule has 0 saturated carbocycles. The van der Waals surface area contributed by atoms with Crippen LogP contribution in [-0.2, 0) is 4.74 Å². The molecule has 3 aromatic rings. The topological polar surface area (TPSA) is 111 Å². The number of nitrogens with one attached hydrogen (secondary N) is 2. The van der Waals surface area contributed by atoms with E-state index in [1.54, 1.807) is 30.1 Å². The van der Waals surface area contributed by atoms with Gasteiger partial charge in [0.2, 0.25) is 0 Å². The maximum absolute atomic E-state index is 12.3. The van der Waals surface area contributed by atoms with Crippen LogP contribution < -0.4 is 5.32 Å². The Morgan fingerprint density at radius 2 is 2.26 bits per heavy atom. The molecular weight excluding hydrogens is 298 g/mol. The van der Waals surface area contributed by atoms with Crippen molar-refractivity contribution < 1.29 is 9.53 Å². The summed E-state index contributed by atoms with van der Waals surface area (Å²) in [5.41, 5.74) is 0.642. The second-order valence-corrected chi connectivity index (χ2v) is 5.88. The van der Waals surface area contributed by atoms with Crippen molar-refractivity contribution in [2.24, 2.45) is 0 Å². The molecule has 3 aromatic heterocycles. The fourth-order valence-corrected chi connectivity index (χ4v) is 2.48. The Kier molecular flexibility index (Phi) is 2.91. The molecule has 4 heterocycles. The number of nitrogens with zero attached hydrogens (tertiary/aromatic N) is 5. The molecule has 2 N–H and O–H groups in total. The number of aromatic amines is 1. The highest BCUT2D eigenvalue weighted by Gasteiger charge is 2.35. The van der Waals surface area contributed by atoms with Crippen molar-refractivity contribution in [3.63, 3.8) is 0 Å².